The summed E-state index contributed by atoms with van der Waals surface area (Å²) in [5.41, 5.74) is 2.51. The first-order valence-electron chi connectivity index (χ1n) is 5.70. The van der Waals surface area contributed by atoms with Gasteiger partial charge in [-0.3, -0.25) is 4.79 Å². The van der Waals surface area contributed by atoms with Gasteiger partial charge >= 0.3 is 5.97 Å². The molecular weight excluding hydrogens is 202 g/mol. The molecule has 2 atom stereocenters. The number of hydrogen-bond acceptors (Lipinski definition) is 2. The van der Waals surface area contributed by atoms with Gasteiger partial charge in [-0.25, -0.2) is 0 Å². The molecule has 0 radical (unpaired) electrons. The number of rotatable bonds is 2. The highest BCUT2D eigenvalue weighted by Gasteiger charge is 2.38. The molecule has 1 saturated heterocycles. The van der Waals surface area contributed by atoms with Crippen LogP contribution >= 0.6 is 0 Å². The van der Waals surface area contributed by atoms with Crippen molar-refractivity contribution in [1.82, 2.24) is 0 Å². The van der Waals surface area contributed by atoms with Gasteiger partial charge in [0.25, 0.3) is 0 Å². The van der Waals surface area contributed by atoms with Crippen molar-refractivity contribution in [3.63, 3.8) is 0 Å². The van der Waals surface area contributed by atoms with Crippen molar-refractivity contribution in [1.29, 1.82) is 0 Å². The molecule has 1 aliphatic rings. The predicted octanol–water partition coefficient (Wildman–Crippen LogP) is 0.792. The predicted molar refractivity (Wildman–Crippen MR) is 60.8 cm³/mol. The third kappa shape index (κ3) is 1.95. The lowest BCUT2D eigenvalue weighted by molar-refractivity contribution is -0.678. The highest BCUT2D eigenvalue weighted by atomic mass is 16.5. The lowest BCUT2D eigenvalue weighted by Gasteiger charge is -2.16. The molecule has 1 aromatic rings. The zero-order valence-corrected chi connectivity index (χ0v) is 9.77. The number of carbonyl (C=O) groups excluding carboxylic acids is 1. The number of nitrogens with two attached hydrogens (primary N) is 1. The summed E-state index contributed by atoms with van der Waals surface area (Å²) in [7, 11) is 1.47. The number of benzene rings is 1. The Morgan fingerprint density at radius 3 is 2.88 bits per heavy atom. The molecule has 1 fully saturated rings. The number of methoxy groups -OCH3 is 1. The quantitative estimate of drug-likeness (QED) is 0.749. The van der Waals surface area contributed by atoms with Crippen LogP contribution in [-0.4, -0.2) is 19.6 Å². The second-order valence-corrected chi connectivity index (χ2v) is 4.33. The molecule has 86 valence electrons. The molecule has 1 heterocycles. The van der Waals surface area contributed by atoms with E-state index in [1.807, 2.05) is 12.1 Å². The molecule has 0 aromatic heterocycles. The average Bonchev–Trinajstić information content (AvgIpc) is 2.77. The monoisotopic (exact) mass is 220 g/mol. The summed E-state index contributed by atoms with van der Waals surface area (Å²) in [6, 6.07) is 8.49. The zero-order valence-electron chi connectivity index (χ0n) is 9.77. The van der Waals surface area contributed by atoms with Gasteiger partial charge in [-0.05, 0) is 12.5 Å². The van der Waals surface area contributed by atoms with Gasteiger partial charge in [0, 0.05) is 12.0 Å². The smallest absolute Gasteiger partial charge is 0.315 e. The van der Waals surface area contributed by atoms with E-state index in [1.165, 1.54) is 18.2 Å². The lowest BCUT2D eigenvalue weighted by Crippen LogP contribution is -2.82. The van der Waals surface area contributed by atoms with Crippen molar-refractivity contribution in [2.75, 3.05) is 13.7 Å². The maximum atomic E-state index is 11.7. The van der Waals surface area contributed by atoms with Crippen molar-refractivity contribution in [2.24, 2.45) is 5.92 Å². The minimum Gasteiger partial charge on any atom is -0.469 e. The molecule has 3 heteroatoms. The molecule has 0 spiro atoms. The minimum atomic E-state index is -0.0815. The first kappa shape index (κ1) is 11.1. The van der Waals surface area contributed by atoms with Gasteiger partial charge in [0.2, 0.25) is 0 Å². The molecule has 1 aliphatic heterocycles. The number of aryl methyl sites for hydroxylation is 1. The van der Waals surface area contributed by atoms with E-state index in [-0.39, 0.29) is 17.9 Å². The Hall–Kier alpha value is -1.35. The SMILES string of the molecule is COC(=O)[C@H]1CC[NH2+][C@@H]1c1ccccc1C. The summed E-state index contributed by atoms with van der Waals surface area (Å²) in [5.74, 6) is -0.0758. The Bertz CT molecular complexity index is 389. The molecular formula is C13H18NO2+. The van der Waals surface area contributed by atoms with Gasteiger partial charge in [0.05, 0.1) is 13.7 Å². The fourth-order valence-corrected chi connectivity index (χ4v) is 2.52. The van der Waals surface area contributed by atoms with Gasteiger partial charge in [0.15, 0.2) is 0 Å². The first-order chi connectivity index (χ1) is 7.74. The van der Waals surface area contributed by atoms with E-state index < -0.39 is 0 Å². The van der Waals surface area contributed by atoms with E-state index in [4.69, 9.17) is 4.74 Å². The van der Waals surface area contributed by atoms with Gasteiger partial charge in [-0.1, -0.05) is 24.3 Å². The van der Waals surface area contributed by atoms with E-state index >= 15 is 0 Å². The van der Waals surface area contributed by atoms with Gasteiger partial charge in [-0.2, -0.15) is 0 Å². The summed E-state index contributed by atoms with van der Waals surface area (Å²) < 4.78 is 4.87. The maximum absolute atomic E-state index is 11.7. The number of hydrogen-bond donors (Lipinski definition) is 1. The normalized spacial score (nSPS) is 24.4. The molecule has 2 rings (SSSR count). The molecule has 0 aliphatic carbocycles. The lowest BCUT2D eigenvalue weighted by atomic mass is 9.91. The van der Waals surface area contributed by atoms with Crippen LogP contribution in [0.2, 0.25) is 0 Å². The largest absolute Gasteiger partial charge is 0.469 e. The van der Waals surface area contributed by atoms with Crippen LogP contribution in [0.15, 0.2) is 24.3 Å². The molecule has 1 aromatic carbocycles. The van der Waals surface area contributed by atoms with E-state index in [2.05, 4.69) is 24.4 Å². The topological polar surface area (TPSA) is 42.9 Å². The Kier molecular flexibility index (Phi) is 3.25. The fraction of sp³-hybridized carbons (Fsp3) is 0.462. The second-order valence-electron chi connectivity index (χ2n) is 4.33. The van der Waals surface area contributed by atoms with Crippen LogP contribution in [0.4, 0.5) is 0 Å². The van der Waals surface area contributed by atoms with Crippen LogP contribution in [0, 0.1) is 12.8 Å². The molecule has 2 N–H and O–H groups in total. The molecule has 0 amide bonds. The summed E-state index contributed by atoms with van der Waals surface area (Å²) in [5, 5.41) is 2.24. The van der Waals surface area contributed by atoms with Crippen LogP contribution in [0.25, 0.3) is 0 Å². The van der Waals surface area contributed by atoms with Crippen molar-refractivity contribution >= 4 is 5.97 Å². The molecule has 0 unspecified atom stereocenters. The molecule has 0 bridgehead atoms. The van der Waals surface area contributed by atoms with E-state index in [0.717, 1.165) is 13.0 Å². The van der Waals surface area contributed by atoms with Crippen LogP contribution < -0.4 is 5.32 Å². The molecule has 0 saturated carbocycles. The van der Waals surface area contributed by atoms with Gasteiger partial charge in [-0.15, -0.1) is 0 Å². The van der Waals surface area contributed by atoms with E-state index in [9.17, 15) is 4.79 Å². The van der Waals surface area contributed by atoms with Crippen LogP contribution in [0.1, 0.15) is 23.6 Å². The average molecular weight is 220 g/mol. The Labute approximate surface area is 95.8 Å². The highest BCUT2D eigenvalue weighted by molar-refractivity contribution is 5.73. The van der Waals surface area contributed by atoms with Crippen LogP contribution in [0.3, 0.4) is 0 Å². The first-order valence-corrected chi connectivity index (χ1v) is 5.70. The summed E-state index contributed by atoms with van der Waals surface area (Å²) >= 11 is 0. The zero-order chi connectivity index (χ0) is 11.5. The third-order valence-electron chi connectivity index (χ3n) is 3.38. The van der Waals surface area contributed by atoms with Crippen LogP contribution in [-0.2, 0) is 9.53 Å². The van der Waals surface area contributed by atoms with Crippen LogP contribution in [0.5, 0.6) is 0 Å². The Balaban J connectivity index is 2.27. The Morgan fingerprint density at radius 2 is 2.19 bits per heavy atom. The fourth-order valence-electron chi connectivity index (χ4n) is 2.52. The number of esters is 1. The van der Waals surface area contributed by atoms with E-state index in [0.29, 0.717) is 0 Å². The number of carbonyl (C=O) groups is 1. The van der Waals surface area contributed by atoms with E-state index in [1.54, 1.807) is 0 Å². The van der Waals surface area contributed by atoms with Crippen molar-refractivity contribution in [2.45, 2.75) is 19.4 Å². The van der Waals surface area contributed by atoms with Crippen molar-refractivity contribution in [3.05, 3.63) is 35.4 Å². The third-order valence-corrected chi connectivity index (χ3v) is 3.38. The standard InChI is InChI=1S/C13H17NO2/c1-9-5-3-4-6-10(9)12-11(7-8-14-12)13(15)16-2/h3-6,11-12,14H,7-8H2,1-2H3/p+1/t11-,12+/m0/s1. The Morgan fingerprint density at radius 1 is 1.44 bits per heavy atom. The van der Waals surface area contributed by atoms with Gasteiger partial charge < -0.3 is 10.1 Å². The summed E-state index contributed by atoms with van der Waals surface area (Å²) in [4.78, 5) is 11.7. The summed E-state index contributed by atoms with van der Waals surface area (Å²) in [6.07, 6.45) is 0.908. The maximum Gasteiger partial charge on any atom is 0.315 e. The molecule has 3 nitrogen and oxygen atoms in total. The van der Waals surface area contributed by atoms with Crippen molar-refractivity contribution < 1.29 is 14.8 Å². The number of ether oxygens (including phenoxy) is 1. The number of quaternary nitrogens is 1. The van der Waals surface area contributed by atoms with Crippen molar-refractivity contribution in [3.8, 4) is 0 Å². The second kappa shape index (κ2) is 4.66. The van der Waals surface area contributed by atoms with Gasteiger partial charge in [0.1, 0.15) is 12.0 Å². The summed E-state index contributed by atoms with van der Waals surface area (Å²) in [6.45, 7) is 3.09. The molecule has 16 heavy (non-hydrogen) atoms. The highest BCUT2D eigenvalue weighted by Crippen LogP contribution is 2.27. The minimum absolute atomic E-state index is 0.00565.